The van der Waals surface area contributed by atoms with Gasteiger partial charge in [0, 0.05) is 13.5 Å². The molecule has 0 amide bonds. The molecule has 4 aromatic rings. The predicted octanol–water partition coefficient (Wildman–Crippen LogP) is 12.6. The molecular formula is C61H85FO5Si2. The van der Waals surface area contributed by atoms with E-state index in [1.165, 1.54) is 35.2 Å². The molecule has 3 saturated carbocycles. The van der Waals surface area contributed by atoms with E-state index >= 15 is 4.39 Å². The van der Waals surface area contributed by atoms with E-state index < -0.39 is 35.0 Å². The van der Waals surface area contributed by atoms with Crippen LogP contribution in [-0.4, -0.2) is 65.7 Å². The molecule has 0 heterocycles. The van der Waals surface area contributed by atoms with Crippen LogP contribution in [0, 0.1) is 23.2 Å². The number of rotatable bonds is 18. The molecule has 1 N–H and O–H groups in total. The second kappa shape index (κ2) is 21.7. The molecule has 4 aromatic carbocycles. The van der Waals surface area contributed by atoms with Gasteiger partial charge in [0.15, 0.2) is 0 Å². The average Bonchev–Trinajstić information content (AvgIpc) is 3.70. The van der Waals surface area contributed by atoms with Crippen LogP contribution in [0.4, 0.5) is 4.39 Å². The Labute approximate surface area is 418 Å². The maximum atomic E-state index is 16.6. The average molecular weight is 974 g/mol. The molecule has 3 fully saturated rings. The molecule has 8 heteroatoms. The fourth-order valence-electron chi connectivity index (χ4n) is 13.4. The second-order valence-corrected chi connectivity index (χ2v) is 32.4. The zero-order chi connectivity index (χ0) is 49.7. The van der Waals surface area contributed by atoms with Gasteiger partial charge in [-0.2, -0.15) is 0 Å². The molecule has 7 rings (SSSR count). The van der Waals surface area contributed by atoms with Gasteiger partial charge in [0.1, 0.15) is 19.1 Å². The lowest BCUT2D eigenvalue weighted by atomic mass is 9.60. The van der Waals surface area contributed by atoms with Crippen molar-refractivity contribution in [1.29, 1.82) is 0 Å². The van der Waals surface area contributed by atoms with E-state index in [0.29, 0.717) is 43.0 Å². The maximum Gasteiger partial charge on any atom is 0.261 e. The van der Waals surface area contributed by atoms with Crippen LogP contribution < -0.4 is 20.7 Å². The molecular weight excluding hydrogens is 888 g/mol. The van der Waals surface area contributed by atoms with Crippen LogP contribution in [0.5, 0.6) is 0 Å². The van der Waals surface area contributed by atoms with Gasteiger partial charge in [-0.3, -0.25) is 0 Å². The second-order valence-electron chi connectivity index (χ2n) is 23.9. The third kappa shape index (κ3) is 10.8. The number of alkyl halides is 1. The van der Waals surface area contributed by atoms with Crippen molar-refractivity contribution in [2.75, 3.05) is 20.6 Å². The van der Waals surface area contributed by atoms with E-state index in [4.69, 9.17) is 18.3 Å². The van der Waals surface area contributed by atoms with Crippen LogP contribution in [0.3, 0.4) is 0 Å². The van der Waals surface area contributed by atoms with Crippen molar-refractivity contribution in [3.63, 3.8) is 0 Å². The van der Waals surface area contributed by atoms with Crippen LogP contribution in [0.15, 0.2) is 145 Å². The Morgan fingerprint density at radius 3 is 1.68 bits per heavy atom. The van der Waals surface area contributed by atoms with Crippen molar-refractivity contribution in [3.05, 3.63) is 145 Å². The standard InChI is InChI=1S/C61H85FO5Si2/c1-46(26-24-40-59(8,9)65-45-64-11)54-38-39-55-47(27-25-41-60(54,55)10)36-37-48-42-49(66-68(57(2,3)4,50-28-16-12-17-29-50)51-30-18-13-19-31-51)43-56(61(48,63)44-62)67-69(58(5,6)7,52-32-20-14-21-33-52)53-34-22-15-23-35-53/h12-23,28-37,46,49,54-56,63H,24-27,38-45H2,1-11H3/b47-36+,48-37+/t46-,49-,54-,55+,56+,60-,61?/m1/s1. The highest BCUT2D eigenvalue weighted by Gasteiger charge is 2.59. The first kappa shape index (κ1) is 53.3. The van der Waals surface area contributed by atoms with Crippen LogP contribution in [0.2, 0.25) is 10.1 Å². The van der Waals surface area contributed by atoms with E-state index in [-0.39, 0.29) is 27.2 Å². The minimum atomic E-state index is -3.28. The van der Waals surface area contributed by atoms with E-state index in [0.717, 1.165) is 42.5 Å². The molecule has 69 heavy (non-hydrogen) atoms. The van der Waals surface area contributed by atoms with Gasteiger partial charge in [-0.1, -0.05) is 207 Å². The summed E-state index contributed by atoms with van der Waals surface area (Å²) in [7, 11) is -4.68. The third-order valence-corrected chi connectivity index (χ3v) is 27.1. The lowest BCUT2D eigenvalue weighted by molar-refractivity contribution is -0.118. The summed E-state index contributed by atoms with van der Waals surface area (Å²) in [6, 6.07) is 42.7. The van der Waals surface area contributed by atoms with Crippen molar-refractivity contribution in [1.82, 2.24) is 0 Å². The summed E-state index contributed by atoms with van der Waals surface area (Å²) < 4.78 is 43.7. The van der Waals surface area contributed by atoms with Gasteiger partial charge < -0.3 is 23.4 Å². The van der Waals surface area contributed by atoms with Crippen molar-refractivity contribution in [2.45, 2.75) is 167 Å². The van der Waals surface area contributed by atoms with Gasteiger partial charge in [0.2, 0.25) is 0 Å². The van der Waals surface area contributed by atoms with Crippen molar-refractivity contribution < 1.29 is 27.8 Å². The number of allylic oxidation sites excluding steroid dienone is 3. The first-order chi connectivity index (χ1) is 32.8. The SMILES string of the molecule is COCOC(C)(C)CCC[C@@H](C)[C@H]1CC[C@H]2/C(=C/C=C3\C[C@@H](O[Si](c4ccccc4)(c4ccccc4)C(C)(C)C)C[C@H](O[Si](c4ccccc4)(c4ccccc4)C(C)(C)C)C3(O)CF)CCC[C@]12C. The Morgan fingerprint density at radius 2 is 1.22 bits per heavy atom. The Bertz CT molecular complexity index is 2230. The number of fused-ring (bicyclic) bond motifs is 1. The molecule has 0 saturated heterocycles. The van der Waals surface area contributed by atoms with E-state index in [1.807, 2.05) is 12.1 Å². The number of ether oxygens (including phenoxy) is 2. The molecule has 3 aliphatic rings. The molecule has 0 spiro atoms. The summed E-state index contributed by atoms with van der Waals surface area (Å²) in [5.74, 6) is 1.69. The smallest absolute Gasteiger partial charge is 0.261 e. The zero-order valence-corrected chi connectivity index (χ0v) is 46.0. The van der Waals surface area contributed by atoms with Gasteiger partial charge in [0.25, 0.3) is 16.6 Å². The van der Waals surface area contributed by atoms with Gasteiger partial charge in [-0.25, -0.2) is 4.39 Å². The van der Waals surface area contributed by atoms with Crippen molar-refractivity contribution >= 4 is 37.4 Å². The molecule has 7 atom stereocenters. The molecule has 0 aromatic heterocycles. The molecule has 374 valence electrons. The number of aliphatic hydroxyl groups is 1. The Balaban J connectivity index is 1.32. The maximum absolute atomic E-state index is 16.6. The summed E-state index contributed by atoms with van der Waals surface area (Å²) >= 11 is 0. The quantitative estimate of drug-likeness (QED) is 0.0795. The fourth-order valence-corrected chi connectivity index (χ4v) is 22.8. The van der Waals surface area contributed by atoms with Gasteiger partial charge in [-0.15, -0.1) is 0 Å². The Hall–Kier alpha value is -3.48. The fraction of sp³-hybridized carbons (Fsp3) is 0.541. The van der Waals surface area contributed by atoms with Gasteiger partial charge in [-0.05, 0) is 118 Å². The number of hydrogen-bond acceptors (Lipinski definition) is 5. The molecule has 5 nitrogen and oxygen atoms in total. The van der Waals surface area contributed by atoms with Crippen LogP contribution in [-0.2, 0) is 18.3 Å². The zero-order valence-electron chi connectivity index (χ0n) is 44.0. The highest BCUT2D eigenvalue weighted by molar-refractivity contribution is 7.00. The molecule has 0 bridgehead atoms. The summed E-state index contributed by atoms with van der Waals surface area (Å²) in [5, 5.41) is 17.3. The number of benzene rings is 4. The molecule has 0 radical (unpaired) electrons. The highest BCUT2D eigenvalue weighted by Crippen LogP contribution is 2.60. The Kier molecular flexibility index (Phi) is 16.8. The number of methoxy groups -OCH3 is 1. The number of halogens is 1. The summed E-state index contributed by atoms with van der Waals surface area (Å²) in [6.45, 7) is 22.4. The van der Waals surface area contributed by atoms with E-state index in [1.54, 1.807) is 7.11 Å². The van der Waals surface area contributed by atoms with Crippen molar-refractivity contribution in [3.8, 4) is 0 Å². The van der Waals surface area contributed by atoms with Crippen LogP contribution in [0.25, 0.3) is 0 Å². The van der Waals surface area contributed by atoms with Crippen molar-refractivity contribution in [2.24, 2.45) is 23.2 Å². The number of hydrogen-bond donors (Lipinski definition) is 1. The summed E-state index contributed by atoms with van der Waals surface area (Å²) in [5.41, 5.74) is 0.223. The lowest BCUT2D eigenvalue weighted by Gasteiger charge is -2.53. The molecule has 1 unspecified atom stereocenters. The molecule has 0 aliphatic heterocycles. The van der Waals surface area contributed by atoms with E-state index in [2.05, 4.69) is 191 Å². The molecule has 3 aliphatic carbocycles. The van der Waals surface area contributed by atoms with Gasteiger partial charge >= 0.3 is 0 Å². The predicted molar refractivity (Wildman–Crippen MR) is 290 cm³/mol. The van der Waals surface area contributed by atoms with E-state index in [9.17, 15) is 5.11 Å². The van der Waals surface area contributed by atoms with Crippen LogP contribution >= 0.6 is 0 Å². The first-order valence-electron chi connectivity index (χ1n) is 26.1. The third-order valence-electron chi connectivity index (χ3n) is 16.9. The minimum absolute atomic E-state index is 0.191. The first-order valence-corrected chi connectivity index (χ1v) is 30.0. The normalized spacial score (nSPS) is 26.6. The lowest BCUT2D eigenvalue weighted by Crippen LogP contribution is -2.71. The highest BCUT2D eigenvalue weighted by atomic mass is 28.4. The Morgan fingerprint density at radius 1 is 0.725 bits per heavy atom. The largest absolute Gasteiger partial charge is 0.404 e. The minimum Gasteiger partial charge on any atom is -0.404 e. The topological polar surface area (TPSA) is 57.2 Å². The van der Waals surface area contributed by atoms with Crippen LogP contribution in [0.1, 0.15) is 133 Å². The summed E-state index contributed by atoms with van der Waals surface area (Å²) in [6.07, 6.45) is 13.0. The monoisotopic (exact) mass is 973 g/mol. The summed E-state index contributed by atoms with van der Waals surface area (Å²) in [4.78, 5) is 0. The van der Waals surface area contributed by atoms with Gasteiger partial charge in [0.05, 0.1) is 17.8 Å².